The van der Waals surface area contributed by atoms with Crippen LogP contribution >= 0.6 is 0 Å². The summed E-state index contributed by atoms with van der Waals surface area (Å²) in [5, 5.41) is 28.5. The minimum atomic E-state index is -1.26. The average molecular weight is 259 g/mol. The summed E-state index contributed by atoms with van der Waals surface area (Å²) in [6.45, 7) is -0.325. The molecule has 1 heterocycles. The summed E-state index contributed by atoms with van der Waals surface area (Å²) in [7, 11) is 0. The molecule has 0 spiro atoms. The maximum Gasteiger partial charge on any atom is 0.350 e. The molecule has 1 aromatic heterocycles. The zero-order chi connectivity index (χ0) is 13.4. The summed E-state index contributed by atoms with van der Waals surface area (Å²) < 4.78 is 14.2. The first kappa shape index (κ1) is 12.9. The second kappa shape index (κ2) is 4.63. The molecule has 18 heavy (non-hydrogen) atoms. The van der Waals surface area contributed by atoms with Gasteiger partial charge >= 0.3 is 5.69 Å². The van der Waals surface area contributed by atoms with Gasteiger partial charge in [-0.2, -0.15) is 4.98 Å². The third kappa shape index (κ3) is 1.98. The van der Waals surface area contributed by atoms with E-state index in [1.54, 1.807) is 0 Å². The van der Waals surface area contributed by atoms with E-state index in [9.17, 15) is 19.4 Å². The van der Waals surface area contributed by atoms with Crippen LogP contribution in [0.3, 0.4) is 0 Å². The Hall–Kier alpha value is -1.51. The molecule has 1 fully saturated rings. The molecule has 1 aromatic rings. The molecule has 5 N–H and O–H groups in total. The van der Waals surface area contributed by atoms with Crippen molar-refractivity contribution in [1.82, 2.24) is 9.55 Å². The van der Waals surface area contributed by atoms with Crippen LogP contribution in [-0.2, 0) is 0 Å². The van der Waals surface area contributed by atoms with E-state index in [1.807, 2.05) is 0 Å². The van der Waals surface area contributed by atoms with Crippen molar-refractivity contribution in [3.8, 4) is 0 Å². The van der Waals surface area contributed by atoms with Gasteiger partial charge in [0.25, 0.3) is 0 Å². The molecule has 2 rings (SSSR count). The van der Waals surface area contributed by atoms with Gasteiger partial charge in [-0.3, -0.25) is 4.57 Å². The lowest BCUT2D eigenvalue weighted by atomic mass is 10.1. The van der Waals surface area contributed by atoms with Crippen LogP contribution in [0, 0.1) is 11.7 Å². The van der Waals surface area contributed by atoms with Gasteiger partial charge < -0.3 is 21.1 Å². The van der Waals surface area contributed by atoms with Crippen molar-refractivity contribution in [3.63, 3.8) is 0 Å². The van der Waals surface area contributed by atoms with E-state index >= 15 is 0 Å². The number of aromatic nitrogens is 2. The Morgan fingerprint density at radius 1 is 1.50 bits per heavy atom. The molecular formula is C10H14FN3O4. The molecule has 4 atom stereocenters. The molecule has 1 aliphatic rings. The van der Waals surface area contributed by atoms with Crippen LogP contribution < -0.4 is 11.4 Å². The van der Waals surface area contributed by atoms with Crippen molar-refractivity contribution >= 4 is 5.82 Å². The number of hydrogen-bond donors (Lipinski definition) is 4. The van der Waals surface area contributed by atoms with Gasteiger partial charge in [-0.15, -0.1) is 0 Å². The summed E-state index contributed by atoms with van der Waals surface area (Å²) in [5.74, 6) is -1.94. The van der Waals surface area contributed by atoms with E-state index in [-0.39, 0.29) is 13.0 Å². The first-order valence-corrected chi connectivity index (χ1v) is 5.47. The predicted molar refractivity (Wildman–Crippen MR) is 59.1 cm³/mol. The Bertz CT molecular complexity index is 506. The smallest absolute Gasteiger partial charge is 0.350 e. The van der Waals surface area contributed by atoms with Crippen molar-refractivity contribution in [2.45, 2.75) is 24.7 Å². The van der Waals surface area contributed by atoms with Crippen LogP contribution in [0.5, 0.6) is 0 Å². The monoisotopic (exact) mass is 259 g/mol. The highest BCUT2D eigenvalue weighted by Gasteiger charge is 2.42. The number of halogens is 1. The maximum absolute atomic E-state index is 13.3. The van der Waals surface area contributed by atoms with E-state index < -0.39 is 41.5 Å². The molecule has 0 amide bonds. The van der Waals surface area contributed by atoms with Crippen LogP contribution in [0.25, 0.3) is 0 Å². The minimum Gasteiger partial charge on any atom is -0.396 e. The van der Waals surface area contributed by atoms with Gasteiger partial charge in [0, 0.05) is 18.7 Å². The molecule has 1 saturated carbocycles. The second-order valence-corrected chi connectivity index (χ2v) is 4.39. The second-order valence-electron chi connectivity index (χ2n) is 4.39. The first-order chi connectivity index (χ1) is 8.45. The Morgan fingerprint density at radius 2 is 2.17 bits per heavy atom. The Labute approximate surface area is 101 Å². The SMILES string of the molecule is Nc1nc(=O)n([C@@H]2C[C@H](CO)[C@H](O)C2O)cc1F. The van der Waals surface area contributed by atoms with Crippen molar-refractivity contribution in [2.24, 2.45) is 5.92 Å². The van der Waals surface area contributed by atoms with Gasteiger partial charge in [0.05, 0.1) is 12.1 Å². The van der Waals surface area contributed by atoms with Crippen molar-refractivity contribution in [1.29, 1.82) is 0 Å². The number of nitrogen functional groups attached to an aromatic ring is 1. The van der Waals surface area contributed by atoms with E-state index in [4.69, 9.17) is 10.8 Å². The Balaban J connectivity index is 2.39. The van der Waals surface area contributed by atoms with Gasteiger partial charge in [0.15, 0.2) is 11.6 Å². The standard InChI is InChI=1S/C10H14FN3O4/c11-5-2-14(10(18)13-9(5)12)6-1-4(3-15)7(16)8(6)17/h2,4,6-8,15-17H,1,3H2,(H2,12,13,18)/t4-,6-,7+,8?/m1/s1. The van der Waals surface area contributed by atoms with Gasteiger partial charge in [-0.25, -0.2) is 9.18 Å². The number of nitrogens with two attached hydrogens (primary N) is 1. The molecule has 0 saturated heterocycles. The highest BCUT2D eigenvalue weighted by molar-refractivity contribution is 5.26. The van der Waals surface area contributed by atoms with Crippen LogP contribution in [0.15, 0.2) is 11.0 Å². The van der Waals surface area contributed by atoms with Crippen LogP contribution in [0.4, 0.5) is 10.2 Å². The Morgan fingerprint density at radius 3 is 2.72 bits per heavy atom. The molecule has 7 nitrogen and oxygen atoms in total. The first-order valence-electron chi connectivity index (χ1n) is 5.47. The van der Waals surface area contributed by atoms with Gasteiger partial charge in [0.2, 0.25) is 0 Å². The van der Waals surface area contributed by atoms with Crippen molar-refractivity contribution < 1.29 is 19.7 Å². The molecule has 1 unspecified atom stereocenters. The molecule has 0 radical (unpaired) electrons. The van der Waals surface area contributed by atoms with Crippen LogP contribution in [0.1, 0.15) is 12.5 Å². The maximum atomic E-state index is 13.3. The third-order valence-corrected chi connectivity index (χ3v) is 3.30. The topological polar surface area (TPSA) is 122 Å². The number of nitrogens with zero attached hydrogens (tertiary/aromatic N) is 2. The van der Waals surface area contributed by atoms with Crippen molar-refractivity contribution in [3.05, 3.63) is 22.5 Å². The average Bonchev–Trinajstić information content (AvgIpc) is 2.61. The quantitative estimate of drug-likeness (QED) is 0.499. The summed E-state index contributed by atoms with van der Waals surface area (Å²) in [6, 6.07) is -0.827. The highest BCUT2D eigenvalue weighted by Crippen LogP contribution is 2.34. The van der Waals surface area contributed by atoms with E-state index in [2.05, 4.69) is 4.98 Å². The normalized spacial score (nSPS) is 31.8. The summed E-state index contributed by atoms with van der Waals surface area (Å²) in [4.78, 5) is 14.9. The lowest BCUT2D eigenvalue weighted by Crippen LogP contribution is -2.35. The zero-order valence-electron chi connectivity index (χ0n) is 9.40. The fourth-order valence-corrected chi connectivity index (χ4v) is 2.25. The number of hydrogen-bond acceptors (Lipinski definition) is 6. The molecule has 0 aliphatic heterocycles. The molecule has 0 aromatic carbocycles. The number of rotatable bonds is 2. The number of aliphatic hydroxyl groups is 3. The molecule has 8 heteroatoms. The van der Waals surface area contributed by atoms with Crippen LogP contribution in [0.2, 0.25) is 0 Å². The van der Waals surface area contributed by atoms with Gasteiger partial charge in [-0.05, 0) is 6.42 Å². The number of anilines is 1. The van der Waals surface area contributed by atoms with Gasteiger partial charge in [-0.1, -0.05) is 0 Å². The molecule has 100 valence electrons. The highest BCUT2D eigenvalue weighted by atomic mass is 19.1. The largest absolute Gasteiger partial charge is 0.396 e. The van der Waals surface area contributed by atoms with E-state index in [1.165, 1.54) is 0 Å². The lowest BCUT2D eigenvalue weighted by molar-refractivity contribution is -0.00463. The van der Waals surface area contributed by atoms with E-state index in [0.29, 0.717) is 0 Å². The summed E-state index contributed by atoms with van der Waals surface area (Å²) in [6.07, 6.45) is -1.41. The molecule has 0 bridgehead atoms. The van der Waals surface area contributed by atoms with E-state index in [0.717, 1.165) is 10.8 Å². The fraction of sp³-hybridized carbons (Fsp3) is 0.600. The summed E-state index contributed by atoms with van der Waals surface area (Å²) in [5.41, 5.74) is 4.35. The molecular weight excluding hydrogens is 245 g/mol. The predicted octanol–water partition coefficient (Wildman–Crippen LogP) is -1.76. The zero-order valence-corrected chi connectivity index (χ0v) is 9.40. The molecule has 1 aliphatic carbocycles. The van der Waals surface area contributed by atoms with Crippen molar-refractivity contribution in [2.75, 3.05) is 12.3 Å². The Kier molecular flexibility index (Phi) is 3.33. The third-order valence-electron chi connectivity index (χ3n) is 3.30. The van der Waals surface area contributed by atoms with Gasteiger partial charge in [0.1, 0.15) is 6.10 Å². The summed E-state index contributed by atoms with van der Waals surface area (Å²) >= 11 is 0. The lowest BCUT2D eigenvalue weighted by Gasteiger charge is -2.18. The minimum absolute atomic E-state index is 0.157. The fourth-order valence-electron chi connectivity index (χ4n) is 2.25. The van der Waals surface area contributed by atoms with Crippen LogP contribution in [-0.4, -0.2) is 43.7 Å². The number of aliphatic hydroxyl groups excluding tert-OH is 3.